The summed E-state index contributed by atoms with van der Waals surface area (Å²) in [5, 5.41) is 8.07. The maximum Gasteiger partial charge on any atom is 0.238 e. The molecule has 2 rings (SSSR count). The van der Waals surface area contributed by atoms with Gasteiger partial charge in [0, 0.05) is 6.04 Å². The molecule has 7 heteroatoms. The third-order valence-electron chi connectivity index (χ3n) is 3.35. The van der Waals surface area contributed by atoms with Gasteiger partial charge >= 0.3 is 0 Å². The molecular formula is C12H18FN3O2S. The highest BCUT2D eigenvalue weighted by molar-refractivity contribution is 7.89. The predicted octanol–water partition coefficient (Wildman–Crippen LogP) is 0.979. The summed E-state index contributed by atoms with van der Waals surface area (Å²) in [4.78, 5) is 2.01. The summed E-state index contributed by atoms with van der Waals surface area (Å²) in [6.45, 7) is 1.93. The van der Waals surface area contributed by atoms with Gasteiger partial charge in [0.2, 0.25) is 10.0 Å². The second-order valence-corrected chi connectivity index (χ2v) is 6.47. The van der Waals surface area contributed by atoms with Crippen LogP contribution >= 0.6 is 0 Å². The minimum absolute atomic E-state index is 0.209. The first-order valence-electron chi connectivity index (χ1n) is 6.14. The van der Waals surface area contributed by atoms with Crippen molar-refractivity contribution in [2.45, 2.75) is 23.8 Å². The van der Waals surface area contributed by atoms with Crippen molar-refractivity contribution < 1.29 is 12.8 Å². The zero-order valence-electron chi connectivity index (χ0n) is 10.8. The number of hydrogen-bond donors (Lipinski definition) is 2. The lowest BCUT2D eigenvalue weighted by Gasteiger charge is -2.30. The van der Waals surface area contributed by atoms with Crippen LogP contribution in [0.25, 0.3) is 0 Å². The molecule has 1 heterocycles. The lowest BCUT2D eigenvalue weighted by molar-refractivity contribution is 0.263. The first-order chi connectivity index (χ1) is 8.86. The van der Waals surface area contributed by atoms with Gasteiger partial charge in [0.1, 0.15) is 5.82 Å². The second-order valence-electron chi connectivity index (χ2n) is 4.91. The monoisotopic (exact) mass is 287 g/mol. The lowest BCUT2D eigenvalue weighted by Crippen LogP contribution is -2.36. The Hall–Kier alpha value is -1.18. The standard InChI is InChI=1S/C12H18FN3O2S/c1-16-6-4-9(5-7-16)15-12-3-2-10(8-11(12)13)19(14,17)18/h2-3,8-9,15H,4-7H2,1H3,(H2,14,17,18). The van der Waals surface area contributed by atoms with E-state index >= 15 is 0 Å². The van der Waals surface area contributed by atoms with E-state index in [1.54, 1.807) is 0 Å². The summed E-state index contributed by atoms with van der Waals surface area (Å²) >= 11 is 0. The molecule has 1 saturated heterocycles. The van der Waals surface area contributed by atoms with Gasteiger partial charge in [-0.1, -0.05) is 0 Å². The number of rotatable bonds is 3. The number of benzene rings is 1. The fourth-order valence-corrected chi connectivity index (χ4v) is 2.69. The van der Waals surface area contributed by atoms with Crippen LogP contribution in [-0.4, -0.2) is 39.5 Å². The van der Waals surface area contributed by atoms with E-state index in [0.29, 0.717) is 5.69 Å². The van der Waals surface area contributed by atoms with Crippen LogP contribution in [-0.2, 0) is 10.0 Å². The number of hydrogen-bond acceptors (Lipinski definition) is 4. The third-order valence-corrected chi connectivity index (χ3v) is 4.26. The van der Waals surface area contributed by atoms with E-state index in [-0.39, 0.29) is 10.9 Å². The van der Waals surface area contributed by atoms with Crippen molar-refractivity contribution in [1.29, 1.82) is 0 Å². The minimum Gasteiger partial charge on any atom is -0.380 e. The molecule has 1 aromatic rings. The first-order valence-corrected chi connectivity index (χ1v) is 7.68. The van der Waals surface area contributed by atoms with E-state index in [2.05, 4.69) is 17.3 Å². The molecule has 0 amide bonds. The summed E-state index contributed by atoms with van der Waals surface area (Å²) in [5.74, 6) is -0.592. The van der Waals surface area contributed by atoms with E-state index in [1.165, 1.54) is 12.1 Å². The molecule has 1 aliphatic heterocycles. The maximum atomic E-state index is 13.8. The van der Waals surface area contributed by atoms with Gasteiger partial charge < -0.3 is 10.2 Å². The smallest absolute Gasteiger partial charge is 0.238 e. The Balaban J connectivity index is 2.09. The second kappa shape index (κ2) is 5.44. The van der Waals surface area contributed by atoms with Crippen molar-refractivity contribution in [2.24, 2.45) is 5.14 Å². The number of nitrogens with one attached hydrogen (secondary N) is 1. The summed E-state index contributed by atoms with van der Waals surface area (Å²) < 4.78 is 36.0. The fourth-order valence-electron chi connectivity index (χ4n) is 2.16. The molecule has 5 nitrogen and oxygen atoms in total. The topological polar surface area (TPSA) is 75.4 Å². The van der Waals surface area contributed by atoms with Gasteiger partial charge in [0.05, 0.1) is 10.6 Å². The molecule has 19 heavy (non-hydrogen) atoms. The Morgan fingerprint density at radius 2 is 2.00 bits per heavy atom. The van der Waals surface area contributed by atoms with E-state index in [0.717, 1.165) is 32.0 Å². The molecular weight excluding hydrogens is 269 g/mol. The summed E-state index contributed by atoms with van der Waals surface area (Å²) in [6.07, 6.45) is 1.87. The number of likely N-dealkylation sites (tertiary alicyclic amines) is 1. The van der Waals surface area contributed by atoms with Crippen LogP contribution in [0.1, 0.15) is 12.8 Å². The number of halogens is 1. The Bertz CT molecular complexity index is 554. The Morgan fingerprint density at radius 1 is 1.37 bits per heavy atom. The molecule has 0 aromatic heterocycles. The Labute approximate surface area is 112 Å². The Kier molecular flexibility index (Phi) is 4.07. The Morgan fingerprint density at radius 3 is 2.53 bits per heavy atom. The fraction of sp³-hybridized carbons (Fsp3) is 0.500. The highest BCUT2D eigenvalue weighted by atomic mass is 32.2. The maximum absolute atomic E-state index is 13.8. The molecule has 0 unspecified atom stereocenters. The van der Waals surface area contributed by atoms with Gasteiger partial charge in [-0.15, -0.1) is 0 Å². The highest BCUT2D eigenvalue weighted by Crippen LogP contribution is 2.21. The van der Waals surface area contributed by atoms with E-state index in [4.69, 9.17) is 5.14 Å². The average molecular weight is 287 g/mol. The molecule has 1 aromatic carbocycles. The van der Waals surface area contributed by atoms with Gasteiger partial charge in [-0.3, -0.25) is 0 Å². The van der Waals surface area contributed by atoms with E-state index < -0.39 is 15.8 Å². The van der Waals surface area contributed by atoms with Crippen molar-refractivity contribution >= 4 is 15.7 Å². The molecule has 0 atom stereocenters. The summed E-state index contributed by atoms with van der Waals surface area (Å²) in [6, 6.07) is 3.90. The molecule has 0 saturated carbocycles. The van der Waals surface area contributed by atoms with E-state index in [9.17, 15) is 12.8 Å². The van der Waals surface area contributed by atoms with Crippen molar-refractivity contribution in [3.05, 3.63) is 24.0 Å². The molecule has 3 N–H and O–H groups in total. The SMILES string of the molecule is CN1CCC(Nc2ccc(S(N)(=O)=O)cc2F)CC1. The molecule has 0 aliphatic carbocycles. The lowest BCUT2D eigenvalue weighted by atomic mass is 10.1. The van der Waals surface area contributed by atoms with Crippen molar-refractivity contribution in [3.8, 4) is 0 Å². The average Bonchev–Trinajstić information content (AvgIpc) is 2.33. The highest BCUT2D eigenvalue weighted by Gasteiger charge is 2.18. The molecule has 1 fully saturated rings. The number of nitrogens with zero attached hydrogens (tertiary/aromatic N) is 1. The molecule has 1 aliphatic rings. The first kappa shape index (κ1) is 14.2. The van der Waals surface area contributed by atoms with Crippen molar-refractivity contribution in [2.75, 3.05) is 25.5 Å². The van der Waals surface area contributed by atoms with Gasteiger partial charge in [-0.2, -0.15) is 0 Å². The molecule has 0 radical (unpaired) electrons. The zero-order chi connectivity index (χ0) is 14.0. The molecule has 0 spiro atoms. The van der Waals surface area contributed by atoms with Gasteiger partial charge in [-0.25, -0.2) is 17.9 Å². The van der Waals surface area contributed by atoms with E-state index in [1.807, 2.05) is 0 Å². The van der Waals surface area contributed by atoms with Crippen LogP contribution in [0.5, 0.6) is 0 Å². The zero-order valence-corrected chi connectivity index (χ0v) is 11.6. The number of nitrogens with two attached hydrogens (primary N) is 1. The van der Waals surface area contributed by atoms with Crippen molar-refractivity contribution in [1.82, 2.24) is 4.90 Å². The largest absolute Gasteiger partial charge is 0.380 e. The normalized spacial score (nSPS) is 18.5. The van der Waals surface area contributed by atoms with Gasteiger partial charge in [-0.05, 0) is 51.2 Å². The van der Waals surface area contributed by atoms with Crippen LogP contribution in [0, 0.1) is 5.82 Å². The molecule has 106 valence electrons. The number of anilines is 1. The van der Waals surface area contributed by atoms with Crippen LogP contribution < -0.4 is 10.5 Å². The molecule has 0 bridgehead atoms. The summed E-state index contributed by atoms with van der Waals surface area (Å²) in [5.41, 5.74) is 0.321. The van der Waals surface area contributed by atoms with Gasteiger partial charge in [0.15, 0.2) is 0 Å². The number of piperidine rings is 1. The van der Waals surface area contributed by atoms with Crippen LogP contribution in [0.2, 0.25) is 0 Å². The predicted molar refractivity (Wildman–Crippen MR) is 71.9 cm³/mol. The third kappa shape index (κ3) is 3.65. The minimum atomic E-state index is -3.86. The number of sulfonamides is 1. The van der Waals surface area contributed by atoms with Crippen molar-refractivity contribution in [3.63, 3.8) is 0 Å². The van der Waals surface area contributed by atoms with Crippen LogP contribution in [0.15, 0.2) is 23.1 Å². The van der Waals surface area contributed by atoms with Crippen LogP contribution in [0.4, 0.5) is 10.1 Å². The summed E-state index contributed by atoms with van der Waals surface area (Å²) in [7, 11) is -1.80. The van der Waals surface area contributed by atoms with Gasteiger partial charge in [0.25, 0.3) is 0 Å². The quantitative estimate of drug-likeness (QED) is 0.869. The van der Waals surface area contributed by atoms with Crippen LogP contribution in [0.3, 0.4) is 0 Å². The number of primary sulfonamides is 1.